The Labute approximate surface area is 121 Å². The summed E-state index contributed by atoms with van der Waals surface area (Å²) >= 11 is 0. The van der Waals surface area contributed by atoms with Gasteiger partial charge >= 0.3 is 5.97 Å². The Balaban J connectivity index is 2.02. The van der Waals surface area contributed by atoms with Crippen LogP contribution in [0.25, 0.3) is 0 Å². The predicted molar refractivity (Wildman–Crippen MR) is 80.2 cm³/mol. The topological polar surface area (TPSA) is 52.6 Å². The Kier molecular flexibility index (Phi) is 9.01. The Bertz CT molecular complexity index is 406. The molecule has 1 unspecified atom stereocenters. The second kappa shape index (κ2) is 10.6. The molecule has 1 aromatic rings. The van der Waals surface area contributed by atoms with Gasteiger partial charge in [0, 0.05) is 12.6 Å². The van der Waals surface area contributed by atoms with Gasteiger partial charge in [0.1, 0.15) is 6.61 Å². The van der Waals surface area contributed by atoms with E-state index >= 15 is 0 Å². The quantitative estimate of drug-likeness (QED) is 0.374. The first-order valence-corrected chi connectivity index (χ1v) is 8.60. The van der Waals surface area contributed by atoms with Crippen molar-refractivity contribution in [3.05, 3.63) is 35.9 Å². The minimum atomic E-state index is -1.85. The van der Waals surface area contributed by atoms with Gasteiger partial charge in [-0.3, -0.25) is 9.36 Å². The molecule has 20 heavy (non-hydrogen) atoms. The molecule has 112 valence electrons. The van der Waals surface area contributed by atoms with E-state index in [0.717, 1.165) is 24.8 Å². The van der Waals surface area contributed by atoms with Crippen molar-refractivity contribution in [1.82, 2.24) is 0 Å². The monoisotopic (exact) mass is 298 g/mol. The van der Waals surface area contributed by atoms with Crippen molar-refractivity contribution >= 4 is 14.0 Å². The maximum absolute atomic E-state index is 11.5. The highest BCUT2D eigenvalue weighted by Crippen LogP contribution is 2.23. The molecule has 4 nitrogen and oxygen atoms in total. The predicted octanol–water partition coefficient (Wildman–Crippen LogP) is 3.80. The summed E-state index contributed by atoms with van der Waals surface area (Å²) < 4.78 is 21.5. The molecule has 1 atom stereocenters. The van der Waals surface area contributed by atoms with E-state index in [1.54, 1.807) is 0 Å². The van der Waals surface area contributed by atoms with E-state index in [9.17, 15) is 9.36 Å². The lowest BCUT2D eigenvalue weighted by Gasteiger charge is -2.05. The minimum Gasteiger partial charge on any atom is -0.461 e. The third kappa shape index (κ3) is 8.13. The normalized spacial score (nSPS) is 12.1. The molecule has 0 amide bonds. The van der Waals surface area contributed by atoms with Gasteiger partial charge in [0.2, 0.25) is 0 Å². The fourth-order valence-electron chi connectivity index (χ4n) is 1.76. The average molecular weight is 298 g/mol. The number of ether oxygens (including phenoxy) is 1. The third-order valence-corrected chi connectivity index (χ3v) is 4.18. The van der Waals surface area contributed by atoms with Gasteiger partial charge in [-0.05, 0) is 25.3 Å². The van der Waals surface area contributed by atoms with Crippen LogP contribution in [0.15, 0.2) is 30.3 Å². The summed E-state index contributed by atoms with van der Waals surface area (Å²) in [5, 5.41) is 0. The van der Waals surface area contributed by atoms with Crippen molar-refractivity contribution in [2.24, 2.45) is 0 Å². The highest BCUT2D eigenvalue weighted by molar-refractivity contribution is 7.39. The summed E-state index contributed by atoms with van der Waals surface area (Å²) in [4.78, 5) is 11.5. The van der Waals surface area contributed by atoms with Gasteiger partial charge in [-0.25, -0.2) is 0 Å². The lowest BCUT2D eigenvalue weighted by Crippen LogP contribution is -2.04. The molecular formula is C15H23O4P. The van der Waals surface area contributed by atoms with Gasteiger partial charge in [0.15, 0.2) is 8.03 Å². The molecule has 0 bridgehead atoms. The van der Waals surface area contributed by atoms with Crippen LogP contribution in [0.4, 0.5) is 0 Å². The fraction of sp³-hybridized carbons (Fsp3) is 0.533. The van der Waals surface area contributed by atoms with E-state index in [0.29, 0.717) is 25.8 Å². The van der Waals surface area contributed by atoms with Crippen LogP contribution in [0.2, 0.25) is 0 Å². The van der Waals surface area contributed by atoms with Gasteiger partial charge in [-0.1, -0.05) is 36.8 Å². The largest absolute Gasteiger partial charge is 0.461 e. The number of carbonyl (C=O) groups excluding carboxylic acids is 1. The SMILES string of the molecule is CCO[PH](=O)CCCCCC(=O)OCc1ccccc1. The van der Waals surface area contributed by atoms with Gasteiger partial charge < -0.3 is 9.26 Å². The number of carbonyl (C=O) groups is 1. The molecule has 0 aromatic heterocycles. The van der Waals surface area contributed by atoms with E-state index in [2.05, 4.69) is 0 Å². The van der Waals surface area contributed by atoms with Crippen LogP contribution in [0.1, 0.15) is 38.2 Å². The highest BCUT2D eigenvalue weighted by Gasteiger charge is 2.04. The highest BCUT2D eigenvalue weighted by atomic mass is 31.1. The van der Waals surface area contributed by atoms with E-state index in [-0.39, 0.29) is 5.97 Å². The van der Waals surface area contributed by atoms with Crippen LogP contribution in [0.3, 0.4) is 0 Å². The van der Waals surface area contributed by atoms with Crippen LogP contribution in [-0.2, 0) is 25.2 Å². The number of rotatable bonds is 10. The summed E-state index contributed by atoms with van der Waals surface area (Å²) in [5.41, 5.74) is 0.996. The van der Waals surface area contributed by atoms with Crippen LogP contribution in [0, 0.1) is 0 Å². The lowest BCUT2D eigenvalue weighted by atomic mass is 10.2. The summed E-state index contributed by atoms with van der Waals surface area (Å²) in [6, 6.07) is 9.63. The van der Waals surface area contributed by atoms with E-state index in [1.807, 2.05) is 37.3 Å². The number of benzene rings is 1. The van der Waals surface area contributed by atoms with Crippen LogP contribution < -0.4 is 0 Å². The lowest BCUT2D eigenvalue weighted by molar-refractivity contribution is -0.145. The zero-order chi connectivity index (χ0) is 14.6. The van der Waals surface area contributed by atoms with Crippen molar-refractivity contribution in [1.29, 1.82) is 0 Å². The molecule has 0 N–H and O–H groups in total. The molecule has 1 rings (SSSR count). The van der Waals surface area contributed by atoms with Gasteiger partial charge in [0.05, 0.1) is 6.61 Å². The number of esters is 1. The fourth-order valence-corrected chi connectivity index (χ4v) is 2.76. The number of unbranched alkanes of at least 4 members (excludes halogenated alkanes) is 2. The Hall–Kier alpha value is -1.12. The molecule has 0 saturated heterocycles. The van der Waals surface area contributed by atoms with Gasteiger partial charge in [-0.2, -0.15) is 0 Å². The van der Waals surface area contributed by atoms with E-state index in [4.69, 9.17) is 9.26 Å². The molecular weight excluding hydrogens is 275 g/mol. The first kappa shape index (κ1) is 16.9. The maximum atomic E-state index is 11.5. The first-order valence-electron chi connectivity index (χ1n) is 7.07. The van der Waals surface area contributed by atoms with Crippen molar-refractivity contribution in [2.45, 2.75) is 39.2 Å². The minimum absolute atomic E-state index is 0.175. The Morgan fingerprint density at radius 3 is 2.60 bits per heavy atom. The molecule has 1 aromatic carbocycles. The van der Waals surface area contributed by atoms with Crippen LogP contribution in [0.5, 0.6) is 0 Å². The standard InChI is InChI=1S/C15H23O4P/c1-2-19-20(17)12-8-4-7-11-15(16)18-13-14-9-5-3-6-10-14/h3,5-6,9-10,20H,2,4,7-8,11-13H2,1H3. The smallest absolute Gasteiger partial charge is 0.306 e. The zero-order valence-corrected chi connectivity index (χ0v) is 13.0. The van der Waals surface area contributed by atoms with E-state index in [1.165, 1.54) is 0 Å². The average Bonchev–Trinajstić information content (AvgIpc) is 2.46. The van der Waals surface area contributed by atoms with Gasteiger partial charge in [-0.15, -0.1) is 0 Å². The molecule has 0 spiro atoms. The van der Waals surface area contributed by atoms with Crippen molar-refractivity contribution in [3.63, 3.8) is 0 Å². The van der Waals surface area contributed by atoms with Gasteiger partial charge in [0.25, 0.3) is 0 Å². The first-order chi connectivity index (χ1) is 9.72. The maximum Gasteiger partial charge on any atom is 0.306 e. The van der Waals surface area contributed by atoms with E-state index < -0.39 is 8.03 Å². The van der Waals surface area contributed by atoms with Crippen LogP contribution >= 0.6 is 8.03 Å². The molecule has 0 radical (unpaired) electrons. The summed E-state index contributed by atoms with van der Waals surface area (Å²) in [7, 11) is -1.85. The molecule has 5 heteroatoms. The molecule has 0 aliphatic heterocycles. The summed E-state index contributed by atoms with van der Waals surface area (Å²) in [5.74, 6) is -0.175. The molecule has 0 saturated carbocycles. The zero-order valence-electron chi connectivity index (χ0n) is 12.0. The Morgan fingerprint density at radius 1 is 1.15 bits per heavy atom. The van der Waals surface area contributed by atoms with Crippen molar-refractivity contribution in [2.75, 3.05) is 12.8 Å². The Morgan fingerprint density at radius 2 is 1.90 bits per heavy atom. The second-order valence-corrected chi connectivity index (χ2v) is 6.04. The molecule has 0 fully saturated rings. The number of hydrogen-bond donors (Lipinski definition) is 0. The number of hydrogen-bond acceptors (Lipinski definition) is 4. The third-order valence-electron chi connectivity index (χ3n) is 2.81. The van der Waals surface area contributed by atoms with Crippen molar-refractivity contribution < 1.29 is 18.6 Å². The molecule has 0 aliphatic rings. The molecule has 0 heterocycles. The van der Waals surface area contributed by atoms with Crippen LogP contribution in [-0.4, -0.2) is 18.7 Å². The summed E-state index contributed by atoms with van der Waals surface area (Å²) in [6.07, 6.45) is 3.52. The summed E-state index contributed by atoms with van der Waals surface area (Å²) in [6.45, 7) is 2.67. The molecule has 0 aliphatic carbocycles. The van der Waals surface area contributed by atoms with Crippen molar-refractivity contribution in [3.8, 4) is 0 Å². The second-order valence-electron chi connectivity index (χ2n) is 4.51.